The largest absolute Gasteiger partial charge is 0.490 e. The Morgan fingerprint density at radius 3 is 2.79 bits per heavy atom. The predicted octanol–water partition coefficient (Wildman–Crippen LogP) is 5.24. The Hall–Kier alpha value is -1.15. The van der Waals surface area contributed by atoms with Gasteiger partial charge in [-0.15, -0.1) is 23.7 Å². The van der Waals surface area contributed by atoms with Crippen molar-refractivity contribution in [3.8, 4) is 5.75 Å². The van der Waals surface area contributed by atoms with Crippen molar-refractivity contribution in [2.24, 2.45) is 0 Å². The highest BCUT2D eigenvalue weighted by Crippen LogP contribution is 2.41. The minimum Gasteiger partial charge on any atom is -0.490 e. The smallest absolute Gasteiger partial charge is 0.262 e. The average molecular weight is 501 g/mol. The van der Waals surface area contributed by atoms with Crippen LogP contribution in [-0.4, -0.2) is 40.7 Å². The number of ether oxygens (including phenoxy) is 1. The first-order valence-electron chi connectivity index (χ1n) is 10.1. The zero-order valence-corrected chi connectivity index (χ0v) is 20.1. The number of hydrogen-bond acceptors (Lipinski definition) is 5. The summed E-state index contributed by atoms with van der Waals surface area (Å²) in [5, 5.41) is 1.70. The Balaban J connectivity index is 0.00000240. The third-order valence-corrected chi connectivity index (χ3v) is 7.30. The van der Waals surface area contributed by atoms with E-state index in [4.69, 9.17) is 9.72 Å². The third kappa shape index (κ3) is 4.33. The van der Waals surface area contributed by atoms with E-state index in [-0.39, 0.29) is 18.0 Å². The van der Waals surface area contributed by atoms with E-state index < -0.39 is 0 Å². The maximum atomic E-state index is 13.2. The molecule has 1 aliphatic rings. The summed E-state index contributed by atoms with van der Waals surface area (Å²) in [4.78, 5) is 21.3. The van der Waals surface area contributed by atoms with Gasteiger partial charge < -0.3 is 9.64 Å². The molecule has 1 aromatic carbocycles. The van der Waals surface area contributed by atoms with Crippen LogP contribution in [0.4, 0.5) is 0 Å². The number of thiophene rings is 1. The molecule has 8 heteroatoms. The van der Waals surface area contributed by atoms with Gasteiger partial charge in [-0.2, -0.15) is 0 Å². The molecule has 158 valence electrons. The summed E-state index contributed by atoms with van der Waals surface area (Å²) in [5.74, 6) is 1.76. The van der Waals surface area contributed by atoms with E-state index in [1.165, 1.54) is 0 Å². The Bertz CT molecular complexity index is 1060. The Morgan fingerprint density at radius 1 is 1.24 bits per heavy atom. The van der Waals surface area contributed by atoms with Gasteiger partial charge in [0.25, 0.3) is 5.56 Å². The molecule has 2 aromatic heterocycles. The zero-order chi connectivity index (χ0) is 19.7. The van der Waals surface area contributed by atoms with Gasteiger partial charge in [0, 0.05) is 24.9 Å². The fourth-order valence-corrected chi connectivity index (χ4v) is 5.68. The number of halogens is 2. The van der Waals surface area contributed by atoms with Crippen LogP contribution < -0.4 is 10.3 Å². The fraction of sp³-hybridized carbons (Fsp3) is 0.524. The maximum Gasteiger partial charge on any atom is 0.262 e. The molecule has 0 fully saturated rings. The molecule has 0 saturated heterocycles. The number of rotatable bonds is 6. The summed E-state index contributed by atoms with van der Waals surface area (Å²) in [5.41, 5.74) is 0.101. The first-order chi connectivity index (χ1) is 13.6. The van der Waals surface area contributed by atoms with Crippen LogP contribution in [-0.2, 0) is 13.0 Å². The van der Waals surface area contributed by atoms with Gasteiger partial charge in [-0.05, 0) is 47.9 Å². The van der Waals surface area contributed by atoms with E-state index in [9.17, 15) is 4.79 Å². The normalized spacial score (nSPS) is 14.1. The van der Waals surface area contributed by atoms with E-state index in [0.717, 1.165) is 88.2 Å². The Labute approximate surface area is 189 Å². The molecule has 0 aliphatic carbocycles. The molecule has 1 aliphatic heterocycles. The van der Waals surface area contributed by atoms with Crippen LogP contribution >= 0.6 is 39.7 Å². The van der Waals surface area contributed by atoms with Crippen molar-refractivity contribution in [3.05, 3.63) is 32.8 Å². The van der Waals surface area contributed by atoms with E-state index in [1.807, 2.05) is 16.7 Å². The van der Waals surface area contributed by atoms with Crippen LogP contribution in [0.15, 0.2) is 21.4 Å². The summed E-state index contributed by atoms with van der Waals surface area (Å²) in [6.07, 6.45) is 4.20. The number of hydrogen-bond donors (Lipinski definition) is 0. The summed E-state index contributed by atoms with van der Waals surface area (Å²) < 4.78 is 10.0. The quantitative estimate of drug-likeness (QED) is 0.464. The van der Waals surface area contributed by atoms with Crippen LogP contribution in [0.2, 0.25) is 0 Å². The van der Waals surface area contributed by atoms with Crippen molar-refractivity contribution < 1.29 is 4.74 Å². The summed E-state index contributed by atoms with van der Waals surface area (Å²) in [7, 11) is 0. The fourth-order valence-electron chi connectivity index (χ4n) is 3.92. The molecular weight excluding hydrogens is 474 g/mol. The molecule has 0 bridgehead atoms. The average Bonchev–Trinajstić information content (AvgIpc) is 2.89. The molecule has 0 radical (unpaired) electrons. The SMILES string of the molecule is CCN(CC)CCOc1c(Br)ccc2c1sc1nc3n(c(=O)c12)CCCCC3.Cl. The Kier molecular flexibility index (Phi) is 7.59. The second kappa shape index (κ2) is 9.77. The van der Waals surface area contributed by atoms with Gasteiger partial charge in [0.2, 0.25) is 0 Å². The number of aromatic nitrogens is 2. The van der Waals surface area contributed by atoms with Crippen LogP contribution in [0.1, 0.15) is 38.9 Å². The van der Waals surface area contributed by atoms with Crippen molar-refractivity contribution in [2.75, 3.05) is 26.2 Å². The second-order valence-corrected chi connectivity index (χ2v) is 9.06. The van der Waals surface area contributed by atoms with E-state index >= 15 is 0 Å². The standard InChI is InChI=1S/C21H26BrN3O2S.ClH/c1-3-24(4-2)12-13-27-18-15(22)10-9-14-17-20(28-19(14)18)23-16-8-6-5-7-11-25(16)21(17)26;/h9-10H,3-8,11-13H2,1-2H3;1H. The minimum absolute atomic E-state index is 0. The lowest BCUT2D eigenvalue weighted by Gasteiger charge is -2.18. The first-order valence-corrected chi connectivity index (χ1v) is 11.7. The van der Waals surface area contributed by atoms with Crippen molar-refractivity contribution in [1.82, 2.24) is 14.5 Å². The highest BCUT2D eigenvalue weighted by atomic mass is 79.9. The van der Waals surface area contributed by atoms with Gasteiger partial charge in [-0.25, -0.2) is 4.98 Å². The van der Waals surface area contributed by atoms with Crippen LogP contribution in [0.5, 0.6) is 5.75 Å². The third-order valence-electron chi connectivity index (χ3n) is 5.58. The van der Waals surface area contributed by atoms with Crippen LogP contribution in [0, 0.1) is 0 Å². The highest BCUT2D eigenvalue weighted by molar-refractivity contribution is 9.10. The van der Waals surface area contributed by atoms with Gasteiger partial charge in [0.15, 0.2) is 5.75 Å². The van der Waals surface area contributed by atoms with Gasteiger partial charge in [0.1, 0.15) is 17.3 Å². The maximum absolute atomic E-state index is 13.2. The lowest BCUT2D eigenvalue weighted by Crippen LogP contribution is -2.27. The van der Waals surface area contributed by atoms with Crippen LogP contribution in [0.3, 0.4) is 0 Å². The van der Waals surface area contributed by atoms with Gasteiger partial charge in [-0.3, -0.25) is 9.36 Å². The molecule has 0 atom stereocenters. The Morgan fingerprint density at radius 2 is 2.03 bits per heavy atom. The van der Waals surface area contributed by atoms with Crippen molar-refractivity contribution in [1.29, 1.82) is 0 Å². The van der Waals surface area contributed by atoms with E-state index in [2.05, 4.69) is 34.7 Å². The van der Waals surface area contributed by atoms with E-state index in [0.29, 0.717) is 6.61 Å². The minimum atomic E-state index is 0. The zero-order valence-electron chi connectivity index (χ0n) is 16.9. The number of fused-ring (bicyclic) bond motifs is 4. The van der Waals surface area contributed by atoms with Gasteiger partial charge in [-0.1, -0.05) is 26.3 Å². The molecule has 3 heterocycles. The lowest BCUT2D eigenvalue weighted by molar-refractivity contribution is 0.224. The lowest BCUT2D eigenvalue weighted by atomic mass is 10.2. The van der Waals surface area contributed by atoms with E-state index in [1.54, 1.807) is 11.3 Å². The molecule has 4 rings (SSSR count). The highest BCUT2D eigenvalue weighted by Gasteiger charge is 2.20. The van der Waals surface area contributed by atoms with Gasteiger partial charge in [0.05, 0.1) is 14.6 Å². The summed E-state index contributed by atoms with van der Waals surface area (Å²) in [6.45, 7) is 8.63. The molecule has 5 nitrogen and oxygen atoms in total. The van der Waals surface area contributed by atoms with Crippen LogP contribution in [0.25, 0.3) is 20.3 Å². The molecule has 0 amide bonds. The second-order valence-electron chi connectivity index (χ2n) is 7.21. The van der Waals surface area contributed by atoms with Crippen molar-refractivity contribution in [3.63, 3.8) is 0 Å². The molecule has 0 N–H and O–H groups in total. The number of aryl methyl sites for hydroxylation is 1. The van der Waals surface area contributed by atoms with Crippen molar-refractivity contribution in [2.45, 2.75) is 46.1 Å². The molecule has 0 spiro atoms. The van der Waals surface area contributed by atoms with Crippen molar-refractivity contribution >= 4 is 60.0 Å². The summed E-state index contributed by atoms with van der Waals surface area (Å²) in [6, 6.07) is 4.00. The topological polar surface area (TPSA) is 47.4 Å². The molecule has 29 heavy (non-hydrogen) atoms. The monoisotopic (exact) mass is 499 g/mol. The summed E-state index contributed by atoms with van der Waals surface area (Å²) >= 11 is 5.21. The molecule has 3 aromatic rings. The first kappa shape index (κ1) is 22.5. The predicted molar refractivity (Wildman–Crippen MR) is 127 cm³/mol. The molecule has 0 saturated carbocycles. The molecular formula is C21H27BrClN3O2S. The number of benzene rings is 1. The molecule has 0 unspecified atom stereocenters. The number of nitrogens with zero attached hydrogens (tertiary/aromatic N) is 3. The van der Waals surface area contributed by atoms with Gasteiger partial charge >= 0.3 is 0 Å². The number of likely N-dealkylation sites (N-methyl/N-ethyl adjacent to an activating group) is 1.